The number of aryl methyl sites for hydroxylation is 1. The normalized spacial score (nSPS) is 14.9. The van der Waals surface area contributed by atoms with Crippen molar-refractivity contribution >= 4 is 40.5 Å². The molecule has 4 rings (SSSR count). The summed E-state index contributed by atoms with van der Waals surface area (Å²) in [6.07, 6.45) is -0.214. The number of ether oxygens (including phenoxy) is 2. The third kappa shape index (κ3) is 4.58. The summed E-state index contributed by atoms with van der Waals surface area (Å²) in [7, 11) is 1.27. The molecule has 0 fully saturated rings. The topological polar surface area (TPSA) is 97.8 Å². The van der Waals surface area contributed by atoms with Crippen LogP contribution >= 0.6 is 11.3 Å². The van der Waals surface area contributed by atoms with Crippen LogP contribution in [0.5, 0.6) is 5.75 Å². The molecule has 0 spiro atoms. The second-order valence-electron chi connectivity index (χ2n) is 7.46. The van der Waals surface area contributed by atoms with Crippen LogP contribution < -0.4 is 15.0 Å². The number of carbonyl (C=O) groups excluding carboxylic acids is 3. The summed E-state index contributed by atoms with van der Waals surface area (Å²) >= 11 is 1.53. The highest BCUT2D eigenvalue weighted by Crippen LogP contribution is 2.38. The first kappa shape index (κ1) is 22.5. The van der Waals surface area contributed by atoms with Crippen LogP contribution in [-0.2, 0) is 14.3 Å². The number of fused-ring (bicyclic) bond motifs is 1. The summed E-state index contributed by atoms with van der Waals surface area (Å²) in [5.41, 5.74) is 2.67. The predicted molar refractivity (Wildman–Crippen MR) is 126 cm³/mol. The molecule has 2 aromatic carbocycles. The molecule has 1 unspecified atom stereocenters. The van der Waals surface area contributed by atoms with Gasteiger partial charge in [-0.2, -0.15) is 0 Å². The molecule has 0 saturated heterocycles. The lowest BCUT2D eigenvalue weighted by atomic mass is 10.1. The number of carbonyl (C=O) groups is 3. The lowest BCUT2D eigenvalue weighted by Crippen LogP contribution is -2.48. The molecule has 9 heteroatoms. The standard InChI is InChI=1S/C24H23N3O5S/c1-4-20-23(29)27(12-22(28)26-17-8-6-5-7-16(17)24(30)31-3)19-11-15(9-10-21(19)32-20)18-13-33-14(2)25-18/h5-11,13,20H,4,12H2,1-3H3,(H,26,28). The van der Waals surface area contributed by atoms with Gasteiger partial charge in [-0.3, -0.25) is 14.5 Å². The third-order valence-corrected chi connectivity index (χ3v) is 6.03. The Labute approximate surface area is 195 Å². The van der Waals surface area contributed by atoms with E-state index in [0.29, 0.717) is 23.5 Å². The Morgan fingerprint density at radius 1 is 1.24 bits per heavy atom. The molecule has 0 aliphatic carbocycles. The second-order valence-corrected chi connectivity index (χ2v) is 8.52. The molecule has 1 aliphatic heterocycles. The number of methoxy groups -OCH3 is 1. The van der Waals surface area contributed by atoms with Crippen LogP contribution in [0, 0.1) is 6.92 Å². The van der Waals surface area contributed by atoms with Gasteiger partial charge in [-0.05, 0) is 43.7 Å². The number of para-hydroxylation sites is 1. The molecule has 0 bridgehead atoms. The zero-order chi connectivity index (χ0) is 23.5. The van der Waals surface area contributed by atoms with Crippen molar-refractivity contribution in [1.29, 1.82) is 0 Å². The van der Waals surface area contributed by atoms with Crippen LogP contribution in [0.4, 0.5) is 11.4 Å². The van der Waals surface area contributed by atoms with Crippen LogP contribution in [-0.4, -0.2) is 42.5 Å². The molecule has 1 N–H and O–H groups in total. The first-order valence-corrected chi connectivity index (χ1v) is 11.3. The number of aromatic nitrogens is 1. The van der Waals surface area contributed by atoms with E-state index in [0.717, 1.165) is 16.3 Å². The van der Waals surface area contributed by atoms with Crippen molar-refractivity contribution < 1.29 is 23.9 Å². The molecular weight excluding hydrogens is 442 g/mol. The van der Waals surface area contributed by atoms with E-state index < -0.39 is 18.0 Å². The molecule has 8 nitrogen and oxygen atoms in total. The van der Waals surface area contributed by atoms with Crippen LogP contribution in [0.2, 0.25) is 0 Å². The monoisotopic (exact) mass is 465 g/mol. The van der Waals surface area contributed by atoms with Gasteiger partial charge in [0.15, 0.2) is 6.10 Å². The van der Waals surface area contributed by atoms with Gasteiger partial charge < -0.3 is 14.8 Å². The SMILES string of the molecule is CCC1Oc2ccc(-c3csc(C)n3)cc2N(CC(=O)Nc2ccccc2C(=O)OC)C1=O. The van der Waals surface area contributed by atoms with Crippen molar-refractivity contribution in [2.45, 2.75) is 26.4 Å². The number of rotatable bonds is 6. The molecule has 1 atom stereocenters. The number of hydrogen-bond acceptors (Lipinski definition) is 7. The fraction of sp³-hybridized carbons (Fsp3) is 0.250. The minimum atomic E-state index is -0.681. The number of thiazole rings is 1. The number of amides is 2. The molecule has 2 amide bonds. The number of nitrogens with zero attached hydrogens (tertiary/aromatic N) is 2. The molecule has 33 heavy (non-hydrogen) atoms. The fourth-order valence-electron chi connectivity index (χ4n) is 3.61. The summed E-state index contributed by atoms with van der Waals surface area (Å²) < 4.78 is 10.7. The summed E-state index contributed by atoms with van der Waals surface area (Å²) in [6.45, 7) is 3.54. The minimum Gasteiger partial charge on any atom is -0.478 e. The van der Waals surface area contributed by atoms with Crippen LogP contribution in [0.15, 0.2) is 47.8 Å². The molecular formula is C24H23N3O5S. The van der Waals surface area contributed by atoms with Crippen molar-refractivity contribution in [3.05, 3.63) is 58.4 Å². The van der Waals surface area contributed by atoms with E-state index in [2.05, 4.69) is 10.3 Å². The van der Waals surface area contributed by atoms with Gasteiger partial charge in [0.25, 0.3) is 5.91 Å². The molecule has 1 aromatic heterocycles. The van der Waals surface area contributed by atoms with Crippen molar-refractivity contribution in [2.75, 3.05) is 23.9 Å². The number of nitrogens with one attached hydrogen (secondary N) is 1. The summed E-state index contributed by atoms with van der Waals surface area (Å²) in [4.78, 5) is 44.0. The lowest BCUT2D eigenvalue weighted by molar-refractivity contribution is -0.128. The Kier molecular flexibility index (Phi) is 6.41. The summed E-state index contributed by atoms with van der Waals surface area (Å²) in [6, 6.07) is 12.0. The van der Waals surface area contributed by atoms with Crippen LogP contribution in [0.1, 0.15) is 28.7 Å². The number of benzene rings is 2. The van der Waals surface area contributed by atoms with Crippen molar-refractivity contribution in [1.82, 2.24) is 4.98 Å². The van der Waals surface area contributed by atoms with Crippen molar-refractivity contribution in [3.8, 4) is 17.0 Å². The molecule has 2 heterocycles. The van der Waals surface area contributed by atoms with Gasteiger partial charge >= 0.3 is 5.97 Å². The first-order chi connectivity index (χ1) is 15.9. The Morgan fingerprint density at radius 2 is 2.03 bits per heavy atom. The van der Waals surface area contributed by atoms with Gasteiger partial charge in [0.05, 0.1) is 34.7 Å². The zero-order valence-corrected chi connectivity index (χ0v) is 19.3. The number of anilines is 2. The average molecular weight is 466 g/mol. The maximum atomic E-state index is 13.1. The Morgan fingerprint density at radius 3 is 2.73 bits per heavy atom. The molecule has 0 radical (unpaired) electrons. The largest absolute Gasteiger partial charge is 0.478 e. The van der Waals surface area contributed by atoms with Gasteiger partial charge in [-0.1, -0.05) is 19.1 Å². The molecule has 3 aromatic rings. The van der Waals surface area contributed by atoms with E-state index in [1.165, 1.54) is 23.3 Å². The third-order valence-electron chi connectivity index (χ3n) is 5.25. The highest BCUT2D eigenvalue weighted by atomic mass is 32.1. The van der Waals surface area contributed by atoms with E-state index >= 15 is 0 Å². The van der Waals surface area contributed by atoms with Gasteiger partial charge in [-0.15, -0.1) is 11.3 Å². The molecule has 0 saturated carbocycles. The second kappa shape index (κ2) is 9.41. The number of hydrogen-bond donors (Lipinski definition) is 1. The average Bonchev–Trinajstić information content (AvgIpc) is 3.26. The Hall–Kier alpha value is -3.72. The predicted octanol–water partition coefficient (Wildman–Crippen LogP) is 4.05. The van der Waals surface area contributed by atoms with Crippen LogP contribution in [0.3, 0.4) is 0 Å². The van der Waals surface area contributed by atoms with Gasteiger partial charge in [0, 0.05) is 10.9 Å². The molecule has 170 valence electrons. The smallest absolute Gasteiger partial charge is 0.339 e. The fourth-order valence-corrected chi connectivity index (χ4v) is 4.24. The first-order valence-electron chi connectivity index (χ1n) is 10.4. The quantitative estimate of drug-likeness (QED) is 0.552. The minimum absolute atomic E-state index is 0.231. The summed E-state index contributed by atoms with van der Waals surface area (Å²) in [5, 5.41) is 5.60. The Bertz CT molecular complexity index is 1220. The van der Waals surface area contributed by atoms with E-state index in [1.807, 2.05) is 31.4 Å². The molecule has 1 aliphatic rings. The van der Waals surface area contributed by atoms with E-state index in [1.54, 1.807) is 30.3 Å². The number of esters is 1. The highest BCUT2D eigenvalue weighted by Gasteiger charge is 2.35. The van der Waals surface area contributed by atoms with Gasteiger partial charge in [0.1, 0.15) is 12.3 Å². The Balaban J connectivity index is 1.64. The zero-order valence-electron chi connectivity index (χ0n) is 18.5. The van der Waals surface area contributed by atoms with E-state index in [9.17, 15) is 14.4 Å². The van der Waals surface area contributed by atoms with Crippen molar-refractivity contribution in [3.63, 3.8) is 0 Å². The van der Waals surface area contributed by atoms with Gasteiger partial charge in [-0.25, -0.2) is 9.78 Å². The van der Waals surface area contributed by atoms with Crippen molar-refractivity contribution in [2.24, 2.45) is 0 Å². The highest BCUT2D eigenvalue weighted by molar-refractivity contribution is 7.09. The summed E-state index contributed by atoms with van der Waals surface area (Å²) in [5.74, 6) is -0.779. The van der Waals surface area contributed by atoms with E-state index in [4.69, 9.17) is 9.47 Å². The van der Waals surface area contributed by atoms with Gasteiger partial charge in [0.2, 0.25) is 5.91 Å². The maximum absolute atomic E-state index is 13.1. The maximum Gasteiger partial charge on any atom is 0.339 e. The van der Waals surface area contributed by atoms with E-state index in [-0.39, 0.29) is 18.0 Å². The van der Waals surface area contributed by atoms with Crippen LogP contribution in [0.25, 0.3) is 11.3 Å². The lowest BCUT2D eigenvalue weighted by Gasteiger charge is -2.34.